The molecule has 0 bridgehead atoms. The van der Waals surface area contributed by atoms with Gasteiger partial charge in [-0.3, -0.25) is 0 Å². The van der Waals surface area contributed by atoms with E-state index in [0.29, 0.717) is 0 Å². The summed E-state index contributed by atoms with van der Waals surface area (Å²) in [5.41, 5.74) is 14.3. The minimum atomic E-state index is 1.15. The third-order valence-electron chi connectivity index (χ3n) is 10.1. The number of nitrogens with zero attached hydrogens (tertiary/aromatic N) is 2. The predicted molar refractivity (Wildman–Crippen MR) is 211 cm³/mol. The van der Waals surface area contributed by atoms with Crippen LogP contribution in [0.5, 0.6) is 0 Å². The molecule has 0 aliphatic heterocycles. The Kier molecular flexibility index (Phi) is 6.53. The van der Waals surface area contributed by atoms with Crippen LogP contribution in [0.2, 0.25) is 0 Å². The van der Waals surface area contributed by atoms with Crippen LogP contribution < -0.4 is 0 Å². The molecule has 0 amide bonds. The molecule has 0 fully saturated rings. The molecule has 0 saturated heterocycles. The van der Waals surface area contributed by atoms with Crippen molar-refractivity contribution in [2.45, 2.75) is 0 Å². The summed E-state index contributed by atoms with van der Waals surface area (Å²) in [6.45, 7) is 0. The zero-order valence-electron chi connectivity index (χ0n) is 27.4. The van der Waals surface area contributed by atoms with Gasteiger partial charge in [-0.15, -0.1) is 0 Å². The molecule has 0 aliphatic carbocycles. The lowest BCUT2D eigenvalue weighted by Crippen LogP contribution is -1.96. The summed E-state index contributed by atoms with van der Waals surface area (Å²) in [5, 5.41) is 5.06. The summed E-state index contributed by atoms with van der Waals surface area (Å²) in [6.07, 6.45) is 0. The SMILES string of the molecule is c1ccc(-c2cccc(-n3c4ccccc4c4c5c6ccccc6n(-c6cc(-c7ccccc7)cc(-c7ccccc7)c6)c5ccc43)c2)cc1. The Balaban J connectivity index is 1.28. The first-order valence-electron chi connectivity index (χ1n) is 17.2. The predicted octanol–water partition coefficient (Wildman–Crippen LogP) is 12.9. The highest BCUT2D eigenvalue weighted by Gasteiger charge is 2.21. The summed E-state index contributed by atoms with van der Waals surface area (Å²) in [5.74, 6) is 0. The summed E-state index contributed by atoms with van der Waals surface area (Å²) in [6, 6.07) is 70.4. The lowest BCUT2D eigenvalue weighted by molar-refractivity contribution is 1.17. The number of hydrogen-bond acceptors (Lipinski definition) is 0. The van der Waals surface area contributed by atoms with Gasteiger partial charge in [0.15, 0.2) is 0 Å². The van der Waals surface area contributed by atoms with E-state index in [9.17, 15) is 0 Å². The number of fused-ring (bicyclic) bond motifs is 7. The van der Waals surface area contributed by atoms with E-state index in [1.165, 1.54) is 77.0 Å². The molecule has 2 heterocycles. The Morgan fingerprint density at radius 3 is 1.16 bits per heavy atom. The van der Waals surface area contributed by atoms with Gasteiger partial charge < -0.3 is 9.13 Å². The molecule has 0 N–H and O–H groups in total. The molecular weight excluding hydrogens is 605 g/mol. The smallest absolute Gasteiger partial charge is 0.0548 e. The highest BCUT2D eigenvalue weighted by atomic mass is 15.0. The van der Waals surface area contributed by atoms with Crippen molar-refractivity contribution in [1.82, 2.24) is 9.13 Å². The topological polar surface area (TPSA) is 9.86 Å². The van der Waals surface area contributed by atoms with Crippen molar-refractivity contribution in [2.24, 2.45) is 0 Å². The molecule has 0 atom stereocenters. The van der Waals surface area contributed by atoms with Crippen LogP contribution in [-0.4, -0.2) is 9.13 Å². The Bertz CT molecular complexity index is 2780. The number of rotatable bonds is 5. The van der Waals surface area contributed by atoms with Gasteiger partial charge in [0, 0.05) is 32.9 Å². The monoisotopic (exact) mass is 636 g/mol. The standard InChI is InChI=1S/C48H32N2/c1-4-15-33(16-5-1)36-21-14-22-39(30-36)49-43-25-12-10-23-41(43)47-45(49)27-28-46-48(47)42-24-11-13-26-44(42)50(46)40-31-37(34-17-6-2-7-18-34)29-38(32-40)35-19-8-3-9-20-35/h1-32H. The normalized spacial score (nSPS) is 11.6. The van der Waals surface area contributed by atoms with Gasteiger partial charge in [-0.25, -0.2) is 0 Å². The Hall–Kier alpha value is -6.64. The molecule has 234 valence electrons. The molecule has 50 heavy (non-hydrogen) atoms. The first-order valence-corrected chi connectivity index (χ1v) is 17.2. The van der Waals surface area contributed by atoms with Crippen molar-refractivity contribution >= 4 is 43.6 Å². The van der Waals surface area contributed by atoms with Crippen molar-refractivity contribution in [2.75, 3.05) is 0 Å². The molecule has 0 saturated carbocycles. The highest BCUT2D eigenvalue weighted by Crippen LogP contribution is 2.43. The molecular formula is C48H32N2. The maximum absolute atomic E-state index is 2.46. The van der Waals surface area contributed by atoms with Crippen LogP contribution in [0.1, 0.15) is 0 Å². The van der Waals surface area contributed by atoms with Gasteiger partial charge in [0.2, 0.25) is 0 Å². The fraction of sp³-hybridized carbons (Fsp3) is 0. The average molecular weight is 637 g/mol. The fourth-order valence-corrected chi connectivity index (χ4v) is 7.86. The highest BCUT2D eigenvalue weighted by molar-refractivity contribution is 6.29. The van der Waals surface area contributed by atoms with Crippen molar-refractivity contribution in [3.05, 3.63) is 194 Å². The number of hydrogen-bond donors (Lipinski definition) is 0. The van der Waals surface area contributed by atoms with Crippen LogP contribution >= 0.6 is 0 Å². The molecule has 2 aromatic heterocycles. The molecule has 0 aliphatic rings. The van der Waals surface area contributed by atoms with Crippen LogP contribution in [0.3, 0.4) is 0 Å². The molecule has 0 unspecified atom stereocenters. The molecule has 10 rings (SSSR count). The first kappa shape index (κ1) is 28.4. The third kappa shape index (κ3) is 4.50. The van der Waals surface area contributed by atoms with Crippen LogP contribution in [-0.2, 0) is 0 Å². The second-order valence-electron chi connectivity index (χ2n) is 13.0. The Morgan fingerprint density at radius 2 is 0.640 bits per heavy atom. The van der Waals surface area contributed by atoms with Crippen LogP contribution in [0, 0.1) is 0 Å². The van der Waals surface area contributed by atoms with Gasteiger partial charge in [0.25, 0.3) is 0 Å². The zero-order chi connectivity index (χ0) is 33.0. The minimum absolute atomic E-state index is 1.15. The largest absolute Gasteiger partial charge is 0.309 e. The maximum Gasteiger partial charge on any atom is 0.0548 e. The van der Waals surface area contributed by atoms with E-state index in [4.69, 9.17) is 0 Å². The van der Waals surface area contributed by atoms with Crippen LogP contribution in [0.4, 0.5) is 0 Å². The first-order chi connectivity index (χ1) is 24.8. The van der Waals surface area contributed by atoms with Crippen LogP contribution in [0.25, 0.3) is 88.4 Å². The van der Waals surface area contributed by atoms with Gasteiger partial charge in [-0.2, -0.15) is 0 Å². The lowest BCUT2D eigenvalue weighted by atomic mass is 9.98. The summed E-state index contributed by atoms with van der Waals surface area (Å²) in [7, 11) is 0. The van der Waals surface area contributed by atoms with E-state index in [1.54, 1.807) is 0 Å². The molecule has 10 aromatic rings. The van der Waals surface area contributed by atoms with Gasteiger partial charge in [0.05, 0.1) is 22.1 Å². The average Bonchev–Trinajstić information content (AvgIpc) is 3.72. The van der Waals surface area contributed by atoms with E-state index in [-0.39, 0.29) is 0 Å². The van der Waals surface area contributed by atoms with E-state index in [2.05, 4.69) is 203 Å². The molecule has 2 nitrogen and oxygen atoms in total. The second-order valence-corrected chi connectivity index (χ2v) is 13.0. The summed E-state index contributed by atoms with van der Waals surface area (Å²) >= 11 is 0. The number of para-hydroxylation sites is 2. The van der Waals surface area contributed by atoms with Gasteiger partial charge in [-0.1, -0.05) is 140 Å². The van der Waals surface area contributed by atoms with Crippen molar-refractivity contribution < 1.29 is 0 Å². The van der Waals surface area contributed by atoms with Crippen LogP contribution in [0.15, 0.2) is 194 Å². The van der Waals surface area contributed by atoms with Gasteiger partial charge in [0.1, 0.15) is 0 Å². The van der Waals surface area contributed by atoms with E-state index in [1.807, 2.05) is 0 Å². The molecule has 8 aromatic carbocycles. The van der Waals surface area contributed by atoms with Crippen molar-refractivity contribution in [3.63, 3.8) is 0 Å². The fourth-order valence-electron chi connectivity index (χ4n) is 7.86. The van der Waals surface area contributed by atoms with Crippen molar-refractivity contribution in [3.8, 4) is 44.8 Å². The minimum Gasteiger partial charge on any atom is -0.309 e. The molecule has 2 heteroatoms. The molecule has 0 radical (unpaired) electrons. The summed E-state index contributed by atoms with van der Waals surface area (Å²) < 4.78 is 4.90. The van der Waals surface area contributed by atoms with E-state index in [0.717, 1.165) is 11.4 Å². The summed E-state index contributed by atoms with van der Waals surface area (Å²) in [4.78, 5) is 0. The lowest BCUT2D eigenvalue weighted by Gasteiger charge is -2.14. The molecule has 0 spiro atoms. The second kappa shape index (κ2) is 11.5. The zero-order valence-corrected chi connectivity index (χ0v) is 27.4. The number of aromatic nitrogens is 2. The van der Waals surface area contributed by atoms with Gasteiger partial charge in [-0.05, 0) is 88.0 Å². The Labute approximate surface area is 290 Å². The quantitative estimate of drug-likeness (QED) is 0.178. The number of benzene rings is 8. The van der Waals surface area contributed by atoms with Gasteiger partial charge >= 0.3 is 0 Å². The third-order valence-corrected chi connectivity index (χ3v) is 10.1. The van der Waals surface area contributed by atoms with E-state index < -0.39 is 0 Å². The van der Waals surface area contributed by atoms with Crippen molar-refractivity contribution in [1.29, 1.82) is 0 Å². The Morgan fingerprint density at radius 1 is 0.240 bits per heavy atom. The van der Waals surface area contributed by atoms with E-state index >= 15 is 0 Å². The maximum atomic E-state index is 2.46.